The Morgan fingerprint density at radius 2 is 1.57 bits per heavy atom. The van der Waals surface area contributed by atoms with Crippen molar-refractivity contribution in [2.24, 2.45) is 0 Å². The zero-order valence-electron chi connectivity index (χ0n) is 18.2. The van der Waals surface area contributed by atoms with E-state index in [0.29, 0.717) is 5.75 Å². The molecule has 2 atom stereocenters. The van der Waals surface area contributed by atoms with Crippen molar-refractivity contribution < 1.29 is 29.7 Å². The van der Waals surface area contributed by atoms with Gasteiger partial charge in [-0.05, 0) is 19.3 Å². The highest BCUT2D eigenvalue weighted by Crippen LogP contribution is 2.21. The summed E-state index contributed by atoms with van der Waals surface area (Å²) in [4.78, 5) is 32.8. The molecule has 0 aromatic heterocycles. The Morgan fingerprint density at radius 3 is 2.17 bits per heavy atom. The highest BCUT2D eigenvalue weighted by Gasteiger charge is 2.18. The van der Waals surface area contributed by atoms with Crippen molar-refractivity contribution in [3.8, 4) is 0 Å². The second-order valence-corrected chi connectivity index (χ2v) is 8.73. The summed E-state index contributed by atoms with van der Waals surface area (Å²) >= 11 is 1.39. The first kappa shape index (κ1) is 28.5. The van der Waals surface area contributed by atoms with E-state index in [1.165, 1.54) is 56.7 Å². The van der Waals surface area contributed by atoms with Gasteiger partial charge in [0.05, 0.1) is 6.10 Å². The fourth-order valence-corrected chi connectivity index (χ4v) is 4.06. The Balaban J connectivity index is 4.25. The lowest BCUT2D eigenvalue weighted by atomic mass is 10.1. The van der Waals surface area contributed by atoms with E-state index in [1.807, 2.05) is 12.2 Å². The molecule has 0 aliphatic rings. The molecule has 0 aromatic carbocycles. The number of unbranched alkanes of at least 4 members (excludes halogenated alkanes) is 8. The summed E-state index contributed by atoms with van der Waals surface area (Å²) in [5, 5.41) is 29.7. The van der Waals surface area contributed by atoms with Crippen LogP contribution in [0.4, 0.5) is 0 Å². The zero-order valence-corrected chi connectivity index (χ0v) is 19.0. The van der Waals surface area contributed by atoms with E-state index in [-0.39, 0.29) is 30.4 Å². The normalized spacial score (nSPS) is 13.3. The number of carboxylic acids is 2. The van der Waals surface area contributed by atoms with Gasteiger partial charge in [0.25, 0.3) is 0 Å². The predicted octanol–water partition coefficient (Wildman–Crippen LogP) is 3.99. The number of carbonyl (C=O) groups is 3. The number of carboxylic acid groups (broad SMARTS) is 2. The SMILES string of the molecule is CCCCCCCCCCC=CC(SCCC(=O)NCC(=O)O)C(O)CCC(=O)O. The van der Waals surface area contributed by atoms with Gasteiger partial charge in [0.2, 0.25) is 5.91 Å². The maximum atomic E-state index is 11.6. The monoisotopic (exact) mass is 445 g/mol. The first-order valence-electron chi connectivity index (χ1n) is 11.0. The van der Waals surface area contributed by atoms with Crippen molar-refractivity contribution in [1.82, 2.24) is 5.32 Å². The Kier molecular flexibility index (Phi) is 18.4. The smallest absolute Gasteiger partial charge is 0.322 e. The third-order valence-electron chi connectivity index (χ3n) is 4.66. The van der Waals surface area contributed by atoms with Crippen LogP contribution in [-0.2, 0) is 14.4 Å². The van der Waals surface area contributed by atoms with Crippen molar-refractivity contribution in [2.45, 2.75) is 95.3 Å². The average molecular weight is 446 g/mol. The fourth-order valence-electron chi connectivity index (χ4n) is 2.91. The minimum absolute atomic E-state index is 0.108. The number of aliphatic hydroxyl groups excluding tert-OH is 1. The van der Waals surface area contributed by atoms with Crippen LogP contribution >= 0.6 is 11.8 Å². The van der Waals surface area contributed by atoms with Gasteiger partial charge in [0.15, 0.2) is 0 Å². The second-order valence-electron chi connectivity index (χ2n) is 7.45. The Morgan fingerprint density at radius 1 is 0.933 bits per heavy atom. The lowest BCUT2D eigenvalue weighted by Crippen LogP contribution is -2.30. The molecule has 30 heavy (non-hydrogen) atoms. The van der Waals surface area contributed by atoms with Gasteiger partial charge in [-0.3, -0.25) is 14.4 Å². The number of thioether (sulfide) groups is 1. The number of hydrogen-bond acceptors (Lipinski definition) is 5. The molecule has 0 aliphatic heterocycles. The molecule has 0 saturated carbocycles. The van der Waals surface area contributed by atoms with Crippen LogP contribution in [0.25, 0.3) is 0 Å². The van der Waals surface area contributed by atoms with Gasteiger partial charge < -0.3 is 20.6 Å². The third-order valence-corrected chi connectivity index (χ3v) is 5.96. The Labute approximate surface area is 184 Å². The van der Waals surface area contributed by atoms with Crippen LogP contribution in [-0.4, -0.2) is 56.8 Å². The molecule has 0 spiro atoms. The van der Waals surface area contributed by atoms with Crippen LogP contribution in [0.15, 0.2) is 12.2 Å². The molecule has 0 saturated heterocycles. The first-order chi connectivity index (χ1) is 14.4. The number of allylic oxidation sites excluding steroid dienone is 1. The molecule has 0 aliphatic carbocycles. The van der Waals surface area contributed by atoms with Crippen LogP contribution in [0.3, 0.4) is 0 Å². The quantitative estimate of drug-likeness (QED) is 0.165. The molecule has 1 amide bonds. The maximum Gasteiger partial charge on any atom is 0.322 e. The van der Waals surface area contributed by atoms with Crippen LogP contribution in [0, 0.1) is 0 Å². The van der Waals surface area contributed by atoms with Gasteiger partial charge in [-0.25, -0.2) is 0 Å². The van der Waals surface area contributed by atoms with Gasteiger partial charge in [-0.2, -0.15) is 11.8 Å². The van der Waals surface area contributed by atoms with E-state index >= 15 is 0 Å². The summed E-state index contributed by atoms with van der Waals surface area (Å²) < 4.78 is 0. The number of carbonyl (C=O) groups excluding carboxylic acids is 1. The molecular weight excluding hydrogens is 406 g/mol. The van der Waals surface area contributed by atoms with Crippen LogP contribution in [0.1, 0.15) is 84.0 Å². The second kappa shape index (κ2) is 19.4. The summed E-state index contributed by atoms with van der Waals surface area (Å²) in [5.41, 5.74) is 0. The van der Waals surface area contributed by atoms with Crippen molar-refractivity contribution >= 4 is 29.6 Å². The van der Waals surface area contributed by atoms with E-state index in [0.717, 1.165) is 12.8 Å². The fraction of sp³-hybridized carbons (Fsp3) is 0.773. The van der Waals surface area contributed by atoms with E-state index < -0.39 is 24.6 Å². The molecule has 4 N–H and O–H groups in total. The van der Waals surface area contributed by atoms with Gasteiger partial charge in [0.1, 0.15) is 6.54 Å². The highest BCUT2D eigenvalue weighted by atomic mass is 32.2. The molecule has 7 nitrogen and oxygen atoms in total. The molecule has 8 heteroatoms. The molecular formula is C22H39NO6S. The molecule has 0 rings (SSSR count). The summed E-state index contributed by atoms with van der Waals surface area (Å²) in [6, 6.07) is 0. The lowest BCUT2D eigenvalue weighted by Gasteiger charge is -2.19. The van der Waals surface area contributed by atoms with Gasteiger partial charge in [-0.1, -0.05) is 64.0 Å². The third kappa shape index (κ3) is 18.5. The number of aliphatic hydroxyl groups is 1. The minimum atomic E-state index is -1.10. The largest absolute Gasteiger partial charge is 0.481 e. The van der Waals surface area contributed by atoms with E-state index in [4.69, 9.17) is 10.2 Å². The number of aliphatic carboxylic acids is 2. The summed E-state index contributed by atoms with van der Waals surface area (Å²) in [7, 11) is 0. The molecule has 174 valence electrons. The number of nitrogens with one attached hydrogen (secondary N) is 1. The molecule has 0 fully saturated rings. The average Bonchev–Trinajstić information content (AvgIpc) is 2.70. The standard InChI is InChI=1S/C22H39NO6S/c1-2-3-4-5-6-7-8-9-10-11-12-19(18(24)13-14-21(26)27)30-16-15-20(25)23-17-22(28)29/h11-12,18-19,24H,2-10,13-17H2,1H3,(H,23,25)(H,26,27)(H,28,29). The Hall–Kier alpha value is -1.54. The number of amides is 1. The predicted molar refractivity (Wildman–Crippen MR) is 121 cm³/mol. The van der Waals surface area contributed by atoms with Gasteiger partial charge in [-0.15, -0.1) is 0 Å². The summed E-state index contributed by atoms with van der Waals surface area (Å²) in [6.45, 7) is 1.80. The molecule has 0 aromatic rings. The van der Waals surface area contributed by atoms with Crippen LogP contribution in [0.2, 0.25) is 0 Å². The number of rotatable bonds is 20. The van der Waals surface area contributed by atoms with Crippen molar-refractivity contribution in [2.75, 3.05) is 12.3 Å². The lowest BCUT2D eigenvalue weighted by molar-refractivity contribution is -0.138. The van der Waals surface area contributed by atoms with Crippen molar-refractivity contribution in [3.63, 3.8) is 0 Å². The highest BCUT2D eigenvalue weighted by molar-refractivity contribution is 8.00. The van der Waals surface area contributed by atoms with E-state index in [1.54, 1.807) is 0 Å². The molecule has 2 unspecified atom stereocenters. The van der Waals surface area contributed by atoms with Gasteiger partial charge in [0, 0.05) is 23.8 Å². The summed E-state index contributed by atoms with van der Waals surface area (Å²) in [5.74, 6) is -1.98. The first-order valence-corrected chi connectivity index (χ1v) is 12.1. The summed E-state index contributed by atoms with van der Waals surface area (Å²) in [6.07, 6.45) is 14.2. The minimum Gasteiger partial charge on any atom is -0.481 e. The van der Waals surface area contributed by atoms with Crippen LogP contribution < -0.4 is 5.32 Å². The maximum absolute atomic E-state index is 11.6. The zero-order chi connectivity index (χ0) is 22.6. The molecule has 0 bridgehead atoms. The molecule has 0 radical (unpaired) electrons. The molecule has 0 heterocycles. The number of hydrogen-bond donors (Lipinski definition) is 4. The topological polar surface area (TPSA) is 124 Å². The van der Waals surface area contributed by atoms with E-state index in [9.17, 15) is 19.5 Å². The van der Waals surface area contributed by atoms with Crippen molar-refractivity contribution in [3.05, 3.63) is 12.2 Å². The van der Waals surface area contributed by atoms with Crippen LogP contribution in [0.5, 0.6) is 0 Å². The Bertz CT molecular complexity index is 512. The van der Waals surface area contributed by atoms with Crippen molar-refractivity contribution in [1.29, 1.82) is 0 Å². The van der Waals surface area contributed by atoms with Gasteiger partial charge >= 0.3 is 11.9 Å². The van der Waals surface area contributed by atoms with E-state index in [2.05, 4.69) is 12.2 Å².